The first-order valence-electron chi connectivity index (χ1n) is 4.77. The molecule has 1 aromatic carbocycles. The van der Waals surface area contributed by atoms with Gasteiger partial charge in [-0.1, -0.05) is 29.8 Å². The molecule has 1 unspecified atom stereocenters. The highest BCUT2D eigenvalue weighted by molar-refractivity contribution is 9.13. The van der Waals surface area contributed by atoms with E-state index in [1.54, 1.807) is 11.3 Å². The van der Waals surface area contributed by atoms with Crippen LogP contribution >= 0.6 is 43.2 Å². The second kappa shape index (κ2) is 5.00. The van der Waals surface area contributed by atoms with Gasteiger partial charge < -0.3 is 5.11 Å². The minimum atomic E-state index is -0.548. The summed E-state index contributed by atoms with van der Waals surface area (Å²) in [5.41, 5.74) is 2.12. The van der Waals surface area contributed by atoms with Gasteiger partial charge in [-0.3, -0.25) is 0 Å². The van der Waals surface area contributed by atoms with Gasteiger partial charge >= 0.3 is 0 Å². The van der Waals surface area contributed by atoms with Gasteiger partial charge in [0.2, 0.25) is 0 Å². The Morgan fingerprint density at radius 1 is 1.19 bits per heavy atom. The minimum Gasteiger partial charge on any atom is -0.383 e. The normalized spacial score (nSPS) is 12.8. The van der Waals surface area contributed by atoms with Crippen molar-refractivity contribution in [2.45, 2.75) is 13.0 Å². The van der Waals surface area contributed by atoms with Crippen molar-refractivity contribution >= 4 is 43.2 Å². The minimum absolute atomic E-state index is 0.548. The van der Waals surface area contributed by atoms with Crippen LogP contribution in [0.5, 0.6) is 0 Å². The maximum atomic E-state index is 10.2. The lowest BCUT2D eigenvalue weighted by atomic mass is 10.1. The number of aliphatic hydroxyl groups is 1. The van der Waals surface area contributed by atoms with E-state index in [9.17, 15) is 5.11 Å². The Balaban J connectivity index is 2.31. The molecule has 0 aliphatic heterocycles. The summed E-state index contributed by atoms with van der Waals surface area (Å²) in [5, 5.41) is 10.2. The summed E-state index contributed by atoms with van der Waals surface area (Å²) in [7, 11) is 0. The molecule has 2 aromatic rings. The summed E-state index contributed by atoms with van der Waals surface area (Å²) in [6.45, 7) is 2.04. The first-order chi connectivity index (χ1) is 7.58. The number of halogens is 2. The van der Waals surface area contributed by atoms with E-state index in [1.165, 1.54) is 5.56 Å². The van der Waals surface area contributed by atoms with Crippen LogP contribution in [0.25, 0.3) is 0 Å². The van der Waals surface area contributed by atoms with Gasteiger partial charge in [-0.25, -0.2) is 0 Å². The van der Waals surface area contributed by atoms with Crippen LogP contribution in [0, 0.1) is 6.92 Å². The van der Waals surface area contributed by atoms with E-state index >= 15 is 0 Å². The van der Waals surface area contributed by atoms with Crippen molar-refractivity contribution in [1.29, 1.82) is 0 Å². The van der Waals surface area contributed by atoms with E-state index in [2.05, 4.69) is 31.9 Å². The molecule has 0 aliphatic rings. The fraction of sp³-hybridized carbons (Fsp3) is 0.167. The van der Waals surface area contributed by atoms with Crippen molar-refractivity contribution < 1.29 is 5.11 Å². The fourth-order valence-electron chi connectivity index (χ4n) is 1.41. The number of aryl methyl sites for hydroxylation is 1. The number of aliphatic hydroxyl groups excluding tert-OH is 1. The third kappa shape index (κ3) is 2.56. The van der Waals surface area contributed by atoms with Crippen molar-refractivity contribution in [2.75, 3.05) is 0 Å². The zero-order chi connectivity index (χ0) is 11.7. The standard InChI is InChI=1S/C12H10Br2OS/c1-7-2-4-8(5-3-7)11(15)10-6-9(13)12(14)16-10/h2-6,11,15H,1H3. The van der Waals surface area contributed by atoms with Crippen LogP contribution in [-0.2, 0) is 0 Å². The molecule has 2 rings (SSSR count). The smallest absolute Gasteiger partial charge is 0.113 e. The molecule has 1 N–H and O–H groups in total. The van der Waals surface area contributed by atoms with E-state index in [4.69, 9.17) is 0 Å². The lowest BCUT2D eigenvalue weighted by Gasteiger charge is -2.08. The average Bonchev–Trinajstić information content (AvgIpc) is 2.59. The largest absolute Gasteiger partial charge is 0.383 e. The fourth-order valence-corrected chi connectivity index (χ4v) is 3.52. The number of benzene rings is 1. The SMILES string of the molecule is Cc1ccc(C(O)c2cc(Br)c(Br)s2)cc1. The topological polar surface area (TPSA) is 20.2 Å². The van der Waals surface area contributed by atoms with Crippen LogP contribution in [0.1, 0.15) is 22.1 Å². The van der Waals surface area contributed by atoms with Gasteiger partial charge in [0.15, 0.2) is 0 Å². The van der Waals surface area contributed by atoms with Crippen molar-refractivity contribution in [3.05, 3.63) is 54.6 Å². The van der Waals surface area contributed by atoms with Gasteiger partial charge in [0, 0.05) is 9.35 Å². The average molecular weight is 362 g/mol. The zero-order valence-corrected chi connectivity index (χ0v) is 12.6. The predicted octanol–water partition coefficient (Wildman–Crippen LogP) is 4.66. The second-order valence-electron chi connectivity index (χ2n) is 3.58. The Morgan fingerprint density at radius 2 is 1.81 bits per heavy atom. The molecule has 0 fully saturated rings. The Bertz CT molecular complexity index is 471. The monoisotopic (exact) mass is 360 g/mol. The maximum Gasteiger partial charge on any atom is 0.113 e. The molecule has 1 atom stereocenters. The molecular formula is C12H10Br2OS. The van der Waals surface area contributed by atoms with E-state index < -0.39 is 6.10 Å². The Labute approximate surface area is 115 Å². The molecule has 0 aliphatic carbocycles. The van der Waals surface area contributed by atoms with Gasteiger partial charge in [-0.2, -0.15) is 0 Å². The van der Waals surface area contributed by atoms with Crippen LogP contribution in [-0.4, -0.2) is 5.11 Å². The molecule has 0 spiro atoms. The molecule has 84 valence electrons. The van der Waals surface area contributed by atoms with Crippen LogP contribution in [0.3, 0.4) is 0 Å². The molecule has 16 heavy (non-hydrogen) atoms. The molecular weight excluding hydrogens is 352 g/mol. The zero-order valence-electron chi connectivity index (χ0n) is 8.58. The summed E-state index contributed by atoms with van der Waals surface area (Å²) in [4.78, 5) is 0.933. The summed E-state index contributed by atoms with van der Waals surface area (Å²) >= 11 is 8.39. The molecule has 1 aromatic heterocycles. The van der Waals surface area contributed by atoms with E-state index in [0.717, 1.165) is 18.7 Å². The number of rotatable bonds is 2. The van der Waals surface area contributed by atoms with E-state index in [0.29, 0.717) is 0 Å². The van der Waals surface area contributed by atoms with Crippen LogP contribution in [0.2, 0.25) is 0 Å². The van der Waals surface area contributed by atoms with E-state index in [1.807, 2.05) is 37.3 Å². The van der Waals surface area contributed by atoms with E-state index in [-0.39, 0.29) is 0 Å². The summed E-state index contributed by atoms with van der Waals surface area (Å²) in [6.07, 6.45) is -0.548. The third-order valence-corrected chi connectivity index (χ3v) is 5.64. The van der Waals surface area contributed by atoms with Gasteiger partial charge in [0.1, 0.15) is 6.10 Å². The summed E-state index contributed by atoms with van der Waals surface area (Å²) < 4.78 is 1.99. The van der Waals surface area contributed by atoms with Crippen molar-refractivity contribution in [2.24, 2.45) is 0 Å². The maximum absolute atomic E-state index is 10.2. The molecule has 0 saturated heterocycles. The molecule has 1 nitrogen and oxygen atoms in total. The van der Waals surface area contributed by atoms with Crippen LogP contribution in [0.15, 0.2) is 38.6 Å². The second-order valence-corrected chi connectivity index (χ2v) is 6.84. The van der Waals surface area contributed by atoms with Gasteiger partial charge in [-0.05, 0) is 50.4 Å². The van der Waals surface area contributed by atoms with Crippen molar-refractivity contribution in [1.82, 2.24) is 0 Å². The lowest BCUT2D eigenvalue weighted by Crippen LogP contribution is -1.96. The molecule has 0 bridgehead atoms. The third-order valence-electron chi connectivity index (χ3n) is 2.33. The summed E-state index contributed by atoms with van der Waals surface area (Å²) in [5.74, 6) is 0. The Kier molecular flexibility index (Phi) is 3.85. The van der Waals surface area contributed by atoms with Crippen molar-refractivity contribution in [3.63, 3.8) is 0 Å². The number of thiophene rings is 1. The molecule has 0 amide bonds. The first-order valence-corrected chi connectivity index (χ1v) is 7.17. The molecule has 1 heterocycles. The Hall–Kier alpha value is -0.160. The van der Waals surface area contributed by atoms with Gasteiger partial charge in [0.25, 0.3) is 0 Å². The highest BCUT2D eigenvalue weighted by Gasteiger charge is 2.14. The van der Waals surface area contributed by atoms with Crippen molar-refractivity contribution in [3.8, 4) is 0 Å². The highest BCUT2D eigenvalue weighted by Crippen LogP contribution is 2.37. The molecule has 4 heteroatoms. The first kappa shape index (κ1) is 12.3. The number of hydrogen-bond donors (Lipinski definition) is 1. The predicted molar refractivity (Wildman–Crippen MR) is 75.0 cm³/mol. The number of hydrogen-bond acceptors (Lipinski definition) is 2. The van der Waals surface area contributed by atoms with Crippen LogP contribution in [0.4, 0.5) is 0 Å². The van der Waals surface area contributed by atoms with Crippen LogP contribution < -0.4 is 0 Å². The summed E-state index contributed by atoms with van der Waals surface area (Å²) in [6, 6.07) is 9.88. The quantitative estimate of drug-likeness (QED) is 0.824. The molecule has 0 radical (unpaired) electrons. The highest BCUT2D eigenvalue weighted by atomic mass is 79.9. The van der Waals surface area contributed by atoms with Gasteiger partial charge in [0.05, 0.1) is 3.79 Å². The molecule has 0 saturated carbocycles. The van der Waals surface area contributed by atoms with Gasteiger partial charge in [-0.15, -0.1) is 11.3 Å². The Morgan fingerprint density at radius 3 is 2.31 bits per heavy atom. The lowest BCUT2D eigenvalue weighted by molar-refractivity contribution is 0.224.